The summed E-state index contributed by atoms with van der Waals surface area (Å²) in [4.78, 5) is 0. The minimum atomic E-state index is -1.04. The van der Waals surface area contributed by atoms with Crippen molar-refractivity contribution >= 4 is 11.6 Å². The zero-order chi connectivity index (χ0) is 24.7. The van der Waals surface area contributed by atoms with Gasteiger partial charge in [-0.1, -0.05) is 60.1 Å². The van der Waals surface area contributed by atoms with E-state index in [2.05, 4.69) is 0 Å². The number of hydrogen-bond donors (Lipinski definition) is 1. The first-order valence-electron chi connectivity index (χ1n) is 12.0. The molecular weight excluding hydrogens is 464 g/mol. The van der Waals surface area contributed by atoms with E-state index >= 15 is 0 Å². The molecule has 0 radical (unpaired) electrons. The fourth-order valence-corrected chi connectivity index (χ4v) is 4.73. The molecule has 0 bridgehead atoms. The molecule has 6 heteroatoms. The molecule has 1 aliphatic rings. The average molecular weight is 497 g/mol. The molecular formula is C29H33ClO5. The molecule has 35 heavy (non-hydrogen) atoms. The minimum absolute atomic E-state index is 0.108. The maximum Gasteiger partial charge on any atom is 0.197 e. The first-order chi connectivity index (χ1) is 17.0. The van der Waals surface area contributed by atoms with Gasteiger partial charge in [0.25, 0.3) is 0 Å². The Bertz CT molecular complexity index is 1070. The van der Waals surface area contributed by atoms with Crippen LogP contribution in [0.1, 0.15) is 42.0 Å². The minimum Gasteiger partial charge on any atom is -0.494 e. The van der Waals surface area contributed by atoms with Gasteiger partial charge in [-0.3, -0.25) is 0 Å². The SMILES string of the molecule is CCOc1ccc(Cc2cc([C@@]3(OC)CC(OCc4ccccc4)CC(CO)O3)ccc2Cl)cc1. The summed E-state index contributed by atoms with van der Waals surface area (Å²) < 4.78 is 24.1. The molecule has 0 aliphatic carbocycles. The normalized spacial score (nSPS) is 22.2. The van der Waals surface area contributed by atoms with E-state index in [-0.39, 0.29) is 12.7 Å². The van der Waals surface area contributed by atoms with E-state index in [0.717, 1.165) is 28.0 Å². The van der Waals surface area contributed by atoms with E-state index in [4.69, 9.17) is 30.5 Å². The molecule has 3 aromatic rings. The van der Waals surface area contributed by atoms with Gasteiger partial charge in [0, 0.05) is 30.5 Å². The summed E-state index contributed by atoms with van der Waals surface area (Å²) in [6.07, 6.45) is 1.25. The van der Waals surface area contributed by atoms with Crippen molar-refractivity contribution in [3.63, 3.8) is 0 Å². The first kappa shape index (κ1) is 25.7. The Morgan fingerprint density at radius 3 is 2.49 bits per heavy atom. The molecule has 0 spiro atoms. The molecule has 3 aromatic carbocycles. The summed E-state index contributed by atoms with van der Waals surface area (Å²) in [5.74, 6) is -0.188. The van der Waals surface area contributed by atoms with E-state index in [0.29, 0.717) is 37.5 Å². The van der Waals surface area contributed by atoms with Crippen molar-refractivity contribution in [1.82, 2.24) is 0 Å². The highest BCUT2D eigenvalue weighted by Gasteiger charge is 2.44. The molecule has 3 atom stereocenters. The van der Waals surface area contributed by atoms with Crippen LogP contribution in [-0.2, 0) is 33.0 Å². The van der Waals surface area contributed by atoms with Crippen LogP contribution in [0.25, 0.3) is 0 Å². The summed E-state index contributed by atoms with van der Waals surface area (Å²) in [6, 6.07) is 24.0. The number of ether oxygens (including phenoxy) is 4. The monoisotopic (exact) mass is 496 g/mol. The third-order valence-electron chi connectivity index (χ3n) is 6.36. The van der Waals surface area contributed by atoms with Gasteiger partial charge in [0.1, 0.15) is 5.75 Å². The zero-order valence-corrected chi connectivity index (χ0v) is 21.0. The molecule has 1 aliphatic heterocycles. The molecule has 1 saturated heterocycles. The second-order valence-electron chi connectivity index (χ2n) is 8.80. The molecule has 1 N–H and O–H groups in total. The predicted molar refractivity (Wildman–Crippen MR) is 137 cm³/mol. The number of aliphatic hydroxyl groups is 1. The zero-order valence-electron chi connectivity index (χ0n) is 20.3. The Hall–Kier alpha value is -2.41. The second-order valence-corrected chi connectivity index (χ2v) is 9.21. The van der Waals surface area contributed by atoms with Crippen molar-refractivity contribution in [3.05, 3.63) is 100 Å². The van der Waals surface area contributed by atoms with Gasteiger partial charge in [0.05, 0.1) is 32.0 Å². The standard InChI is InChI=1S/C29H33ClO5/c1-3-33-25-12-9-21(10-13-25)15-23-16-24(11-14-28(23)30)29(32-2)18-26(17-27(19-31)35-29)34-20-22-7-5-4-6-8-22/h4-14,16,26-27,31H,3,15,17-20H2,1-2H3/t26?,27?,29-/m1/s1. The van der Waals surface area contributed by atoms with E-state index < -0.39 is 11.9 Å². The molecule has 0 aromatic heterocycles. The largest absolute Gasteiger partial charge is 0.494 e. The van der Waals surface area contributed by atoms with E-state index in [1.54, 1.807) is 7.11 Å². The van der Waals surface area contributed by atoms with Crippen molar-refractivity contribution in [2.75, 3.05) is 20.3 Å². The highest BCUT2D eigenvalue weighted by atomic mass is 35.5. The molecule has 1 fully saturated rings. The van der Waals surface area contributed by atoms with Crippen LogP contribution in [0.15, 0.2) is 72.8 Å². The summed E-state index contributed by atoms with van der Waals surface area (Å²) >= 11 is 6.59. The second kappa shape index (κ2) is 12.0. The van der Waals surface area contributed by atoms with E-state index in [1.807, 2.05) is 79.7 Å². The highest BCUT2D eigenvalue weighted by molar-refractivity contribution is 6.31. The van der Waals surface area contributed by atoms with Crippen molar-refractivity contribution < 1.29 is 24.1 Å². The predicted octanol–water partition coefficient (Wildman–Crippen LogP) is 5.89. The van der Waals surface area contributed by atoms with Crippen LogP contribution in [0.5, 0.6) is 5.75 Å². The fourth-order valence-electron chi connectivity index (χ4n) is 4.54. The Morgan fingerprint density at radius 1 is 1.03 bits per heavy atom. The molecule has 5 nitrogen and oxygen atoms in total. The van der Waals surface area contributed by atoms with Crippen LogP contribution in [0.2, 0.25) is 5.02 Å². The maximum atomic E-state index is 9.96. The number of methoxy groups -OCH3 is 1. The lowest BCUT2D eigenvalue weighted by Crippen LogP contribution is -2.47. The Labute approximate surface area is 212 Å². The molecule has 4 rings (SSSR count). The lowest BCUT2D eigenvalue weighted by Gasteiger charge is -2.43. The van der Waals surface area contributed by atoms with Gasteiger partial charge in [0.2, 0.25) is 0 Å². The molecule has 186 valence electrons. The third kappa shape index (κ3) is 6.43. The van der Waals surface area contributed by atoms with Gasteiger partial charge in [-0.05, 0) is 54.3 Å². The van der Waals surface area contributed by atoms with Gasteiger partial charge in [-0.2, -0.15) is 0 Å². The number of halogens is 1. The van der Waals surface area contributed by atoms with Crippen LogP contribution in [0, 0.1) is 0 Å². The van der Waals surface area contributed by atoms with Crippen LogP contribution in [0.4, 0.5) is 0 Å². The van der Waals surface area contributed by atoms with E-state index in [1.165, 1.54) is 0 Å². The van der Waals surface area contributed by atoms with Crippen molar-refractivity contribution in [2.45, 2.75) is 50.8 Å². The third-order valence-corrected chi connectivity index (χ3v) is 6.72. The van der Waals surface area contributed by atoms with Gasteiger partial charge < -0.3 is 24.1 Å². The molecule has 0 saturated carbocycles. The van der Waals surface area contributed by atoms with Gasteiger partial charge in [-0.15, -0.1) is 0 Å². The quantitative estimate of drug-likeness (QED) is 0.379. The lowest BCUT2D eigenvalue weighted by molar-refractivity contribution is -0.303. The van der Waals surface area contributed by atoms with Crippen LogP contribution < -0.4 is 4.74 Å². The summed E-state index contributed by atoms with van der Waals surface area (Å²) in [5.41, 5.74) is 4.06. The first-order valence-corrected chi connectivity index (χ1v) is 12.4. The van der Waals surface area contributed by atoms with Gasteiger partial charge >= 0.3 is 0 Å². The van der Waals surface area contributed by atoms with Crippen molar-refractivity contribution in [3.8, 4) is 5.75 Å². The van der Waals surface area contributed by atoms with Crippen LogP contribution in [-0.4, -0.2) is 37.6 Å². The number of benzene rings is 3. The average Bonchev–Trinajstić information content (AvgIpc) is 2.90. The van der Waals surface area contributed by atoms with Gasteiger partial charge in [0.15, 0.2) is 5.79 Å². The smallest absolute Gasteiger partial charge is 0.197 e. The van der Waals surface area contributed by atoms with Crippen molar-refractivity contribution in [2.24, 2.45) is 0 Å². The number of rotatable bonds is 10. The Balaban J connectivity index is 1.55. The Morgan fingerprint density at radius 2 is 1.80 bits per heavy atom. The van der Waals surface area contributed by atoms with Crippen molar-refractivity contribution in [1.29, 1.82) is 0 Å². The maximum absolute atomic E-state index is 9.96. The molecule has 2 unspecified atom stereocenters. The van der Waals surface area contributed by atoms with Gasteiger partial charge in [-0.25, -0.2) is 0 Å². The summed E-state index contributed by atoms with van der Waals surface area (Å²) in [6.45, 7) is 2.99. The lowest BCUT2D eigenvalue weighted by atomic mass is 9.90. The molecule has 0 amide bonds. The Kier molecular flexibility index (Phi) is 8.82. The molecule has 1 heterocycles. The highest BCUT2D eigenvalue weighted by Crippen LogP contribution is 2.41. The van der Waals surface area contributed by atoms with Crippen LogP contribution in [0.3, 0.4) is 0 Å². The number of aliphatic hydroxyl groups excluding tert-OH is 1. The topological polar surface area (TPSA) is 57.2 Å². The number of hydrogen-bond acceptors (Lipinski definition) is 5. The summed E-state index contributed by atoms with van der Waals surface area (Å²) in [7, 11) is 1.63. The van der Waals surface area contributed by atoms with E-state index in [9.17, 15) is 5.11 Å². The fraction of sp³-hybridized carbons (Fsp3) is 0.379. The van der Waals surface area contributed by atoms with Crippen LogP contribution >= 0.6 is 11.6 Å². The summed E-state index contributed by atoms with van der Waals surface area (Å²) in [5, 5.41) is 10.6.